The molecule has 0 bridgehead atoms. The lowest BCUT2D eigenvalue weighted by Gasteiger charge is -2.32. The zero-order valence-electron chi connectivity index (χ0n) is 11.5. The number of piperazine rings is 1. The van der Waals surface area contributed by atoms with Crippen LogP contribution in [0.15, 0.2) is 21.2 Å². The highest BCUT2D eigenvalue weighted by Gasteiger charge is 2.34. The highest BCUT2D eigenvalue weighted by molar-refractivity contribution is 9.10. The number of halogens is 1. The zero-order valence-corrected chi connectivity index (χ0v) is 13.1. The number of furan rings is 1. The molecule has 1 unspecified atom stereocenters. The fourth-order valence-corrected chi connectivity index (χ4v) is 3.37. The molecule has 0 radical (unpaired) electrons. The average Bonchev–Trinajstić information content (AvgIpc) is 3.09. The van der Waals surface area contributed by atoms with Gasteiger partial charge in [-0.2, -0.15) is 0 Å². The Morgan fingerprint density at radius 1 is 1.35 bits per heavy atom. The summed E-state index contributed by atoms with van der Waals surface area (Å²) in [6, 6.07) is 3.89. The Morgan fingerprint density at radius 2 is 2.15 bits per heavy atom. The van der Waals surface area contributed by atoms with Gasteiger partial charge in [0, 0.05) is 26.2 Å². The van der Waals surface area contributed by atoms with E-state index in [9.17, 15) is 4.79 Å². The summed E-state index contributed by atoms with van der Waals surface area (Å²) < 4.78 is 6.31. The van der Waals surface area contributed by atoms with Gasteiger partial charge in [-0.1, -0.05) is 0 Å². The molecule has 1 aromatic rings. The van der Waals surface area contributed by atoms with Gasteiger partial charge in [-0.3, -0.25) is 9.69 Å². The first kappa shape index (κ1) is 14.1. The molecule has 2 saturated heterocycles. The van der Waals surface area contributed by atoms with Crippen molar-refractivity contribution in [2.45, 2.75) is 25.4 Å². The molecular formula is C14H20BrN3O2. The standard InChI is InChI=1S/C14H20BrN3O2/c15-13-4-3-11(20-13)10-18-7-1-2-12(18)14(19)17-8-5-16-6-9-17/h3-4,12,16H,1-2,5-10H2. The Labute approximate surface area is 127 Å². The zero-order chi connectivity index (χ0) is 13.9. The summed E-state index contributed by atoms with van der Waals surface area (Å²) in [6.07, 6.45) is 2.05. The second kappa shape index (κ2) is 6.28. The van der Waals surface area contributed by atoms with Gasteiger partial charge in [-0.25, -0.2) is 0 Å². The highest BCUT2D eigenvalue weighted by atomic mass is 79.9. The molecule has 6 heteroatoms. The molecule has 1 N–H and O–H groups in total. The second-order valence-electron chi connectivity index (χ2n) is 5.41. The van der Waals surface area contributed by atoms with Crippen molar-refractivity contribution in [2.24, 2.45) is 0 Å². The van der Waals surface area contributed by atoms with E-state index in [2.05, 4.69) is 26.1 Å². The normalized spacial score (nSPS) is 24.2. The van der Waals surface area contributed by atoms with E-state index in [1.807, 2.05) is 17.0 Å². The fraction of sp³-hybridized carbons (Fsp3) is 0.643. The third-order valence-corrected chi connectivity index (χ3v) is 4.49. The number of carbonyl (C=O) groups excluding carboxylic acids is 1. The monoisotopic (exact) mass is 341 g/mol. The Bertz CT molecular complexity index is 471. The van der Waals surface area contributed by atoms with Crippen LogP contribution in [-0.2, 0) is 11.3 Å². The van der Waals surface area contributed by atoms with E-state index in [4.69, 9.17) is 4.42 Å². The lowest BCUT2D eigenvalue weighted by molar-refractivity contribution is -0.136. The molecule has 3 heterocycles. The van der Waals surface area contributed by atoms with Gasteiger partial charge in [0.2, 0.25) is 5.91 Å². The maximum atomic E-state index is 12.6. The predicted octanol–water partition coefficient (Wildman–Crippen LogP) is 1.44. The van der Waals surface area contributed by atoms with Crippen LogP contribution < -0.4 is 5.32 Å². The van der Waals surface area contributed by atoms with Crippen LogP contribution in [0.5, 0.6) is 0 Å². The van der Waals surface area contributed by atoms with Crippen LogP contribution in [0.3, 0.4) is 0 Å². The van der Waals surface area contributed by atoms with E-state index in [1.54, 1.807) is 0 Å². The van der Waals surface area contributed by atoms with E-state index in [0.717, 1.165) is 56.0 Å². The van der Waals surface area contributed by atoms with Gasteiger partial charge in [-0.15, -0.1) is 0 Å². The van der Waals surface area contributed by atoms with Crippen LogP contribution in [0.25, 0.3) is 0 Å². The Hall–Kier alpha value is -0.850. The first-order chi connectivity index (χ1) is 9.74. The molecule has 1 atom stereocenters. The molecule has 0 spiro atoms. The van der Waals surface area contributed by atoms with E-state index in [-0.39, 0.29) is 11.9 Å². The van der Waals surface area contributed by atoms with Gasteiger partial charge in [0.1, 0.15) is 5.76 Å². The lowest BCUT2D eigenvalue weighted by Crippen LogP contribution is -2.52. The minimum absolute atomic E-state index is 0.0250. The number of hydrogen-bond donors (Lipinski definition) is 1. The summed E-state index contributed by atoms with van der Waals surface area (Å²) in [6.45, 7) is 5.16. The molecule has 0 aromatic carbocycles. The van der Waals surface area contributed by atoms with Crippen LogP contribution in [0.2, 0.25) is 0 Å². The maximum absolute atomic E-state index is 12.6. The molecule has 2 fully saturated rings. The quantitative estimate of drug-likeness (QED) is 0.903. The number of nitrogens with zero attached hydrogens (tertiary/aromatic N) is 2. The molecule has 20 heavy (non-hydrogen) atoms. The van der Waals surface area contributed by atoms with Crippen molar-refractivity contribution in [3.63, 3.8) is 0 Å². The van der Waals surface area contributed by atoms with E-state index >= 15 is 0 Å². The molecule has 2 aliphatic rings. The Kier molecular flexibility index (Phi) is 4.43. The second-order valence-corrected chi connectivity index (χ2v) is 6.19. The number of nitrogens with one attached hydrogen (secondary N) is 1. The Morgan fingerprint density at radius 3 is 2.85 bits per heavy atom. The summed E-state index contributed by atoms with van der Waals surface area (Å²) >= 11 is 3.32. The minimum Gasteiger partial charge on any atom is -0.453 e. The number of carbonyl (C=O) groups is 1. The molecule has 110 valence electrons. The van der Waals surface area contributed by atoms with Crippen molar-refractivity contribution in [3.05, 3.63) is 22.6 Å². The van der Waals surface area contributed by atoms with Crippen LogP contribution in [0, 0.1) is 0 Å². The van der Waals surface area contributed by atoms with Gasteiger partial charge in [0.25, 0.3) is 0 Å². The average molecular weight is 342 g/mol. The number of hydrogen-bond acceptors (Lipinski definition) is 4. The van der Waals surface area contributed by atoms with Crippen molar-refractivity contribution in [1.29, 1.82) is 0 Å². The first-order valence-corrected chi connectivity index (χ1v) is 8.01. The summed E-state index contributed by atoms with van der Waals surface area (Å²) in [5.74, 6) is 1.20. The number of likely N-dealkylation sites (tertiary alicyclic amines) is 1. The molecular weight excluding hydrogens is 322 g/mol. The van der Waals surface area contributed by atoms with E-state index in [0.29, 0.717) is 6.54 Å². The van der Waals surface area contributed by atoms with Crippen molar-refractivity contribution in [3.8, 4) is 0 Å². The molecule has 2 aliphatic heterocycles. The fourth-order valence-electron chi connectivity index (χ4n) is 3.03. The van der Waals surface area contributed by atoms with E-state index < -0.39 is 0 Å². The summed E-state index contributed by atoms with van der Waals surface area (Å²) in [5, 5.41) is 3.29. The van der Waals surface area contributed by atoms with Crippen molar-refractivity contribution < 1.29 is 9.21 Å². The third-order valence-electron chi connectivity index (χ3n) is 4.07. The van der Waals surface area contributed by atoms with Crippen LogP contribution in [0.4, 0.5) is 0 Å². The summed E-state index contributed by atoms with van der Waals surface area (Å²) in [5.41, 5.74) is 0. The smallest absolute Gasteiger partial charge is 0.240 e. The van der Waals surface area contributed by atoms with Crippen LogP contribution in [-0.4, -0.2) is 54.5 Å². The van der Waals surface area contributed by atoms with Crippen LogP contribution >= 0.6 is 15.9 Å². The van der Waals surface area contributed by atoms with Crippen molar-refractivity contribution in [1.82, 2.24) is 15.1 Å². The van der Waals surface area contributed by atoms with Gasteiger partial charge in [-0.05, 0) is 47.4 Å². The van der Waals surface area contributed by atoms with E-state index in [1.165, 1.54) is 0 Å². The minimum atomic E-state index is 0.0250. The SMILES string of the molecule is O=C(C1CCCN1Cc1ccc(Br)o1)N1CCNCC1. The van der Waals surface area contributed by atoms with Crippen LogP contribution in [0.1, 0.15) is 18.6 Å². The lowest BCUT2D eigenvalue weighted by atomic mass is 10.1. The maximum Gasteiger partial charge on any atom is 0.240 e. The first-order valence-electron chi connectivity index (χ1n) is 7.22. The molecule has 5 nitrogen and oxygen atoms in total. The van der Waals surface area contributed by atoms with Crippen molar-refractivity contribution >= 4 is 21.8 Å². The summed E-state index contributed by atoms with van der Waals surface area (Å²) in [4.78, 5) is 16.9. The highest BCUT2D eigenvalue weighted by Crippen LogP contribution is 2.24. The molecule has 1 aromatic heterocycles. The topological polar surface area (TPSA) is 48.7 Å². The molecule has 0 aliphatic carbocycles. The Balaban J connectivity index is 1.63. The number of rotatable bonds is 3. The van der Waals surface area contributed by atoms with Gasteiger partial charge < -0.3 is 14.6 Å². The molecule has 3 rings (SSSR count). The van der Waals surface area contributed by atoms with Gasteiger partial charge >= 0.3 is 0 Å². The number of amides is 1. The largest absolute Gasteiger partial charge is 0.453 e. The summed E-state index contributed by atoms with van der Waals surface area (Å²) in [7, 11) is 0. The third kappa shape index (κ3) is 3.07. The molecule has 0 saturated carbocycles. The van der Waals surface area contributed by atoms with Crippen molar-refractivity contribution in [2.75, 3.05) is 32.7 Å². The van der Waals surface area contributed by atoms with Gasteiger partial charge in [0.05, 0.1) is 12.6 Å². The van der Waals surface area contributed by atoms with Gasteiger partial charge in [0.15, 0.2) is 4.67 Å². The predicted molar refractivity (Wildman–Crippen MR) is 79.3 cm³/mol. The molecule has 1 amide bonds.